The molecule has 4 heteroatoms. The van der Waals surface area contributed by atoms with Crippen molar-refractivity contribution >= 4 is 10.9 Å². The lowest BCUT2D eigenvalue weighted by molar-refractivity contribution is 0.143. The van der Waals surface area contributed by atoms with E-state index < -0.39 is 5.60 Å². The van der Waals surface area contributed by atoms with Gasteiger partial charge in [0.05, 0.1) is 6.04 Å². The molecular weight excluding hydrogens is 408 g/mol. The molecular formula is C29H28N2O2. The van der Waals surface area contributed by atoms with Crippen LogP contribution in [0.1, 0.15) is 47.8 Å². The van der Waals surface area contributed by atoms with Gasteiger partial charge in [-0.3, -0.25) is 4.90 Å². The van der Waals surface area contributed by atoms with E-state index in [2.05, 4.69) is 64.2 Å². The van der Waals surface area contributed by atoms with Crippen molar-refractivity contribution in [2.45, 2.75) is 38.5 Å². The van der Waals surface area contributed by atoms with E-state index in [1.165, 1.54) is 22.2 Å². The molecule has 0 aliphatic carbocycles. The number of para-hydroxylation sites is 1. The number of aromatic nitrogens is 1. The van der Waals surface area contributed by atoms with E-state index >= 15 is 0 Å². The molecule has 1 unspecified atom stereocenters. The van der Waals surface area contributed by atoms with Crippen molar-refractivity contribution in [3.8, 4) is 17.6 Å². The third-order valence-electron chi connectivity index (χ3n) is 6.17. The van der Waals surface area contributed by atoms with Gasteiger partial charge in [0, 0.05) is 35.2 Å². The third kappa shape index (κ3) is 4.52. The number of H-pyrrole nitrogens is 1. The van der Waals surface area contributed by atoms with E-state index in [0.29, 0.717) is 0 Å². The number of rotatable bonds is 3. The number of aliphatic hydroxyl groups is 1. The SMILES string of the molecule is CC(C)(O)C#Cc1ccc(CN2CCc3c([nH]c4ccccc34)C2c2cccc(O)c2)cc1. The number of hydrogen-bond donors (Lipinski definition) is 3. The first-order chi connectivity index (χ1) is 15.9. The first-order valence-corrected chi connectivity index (χ1v) is 11.3. The molecule has 1 atom stereocenters. The van der Waals surface area contributed by atoms with E-state index in [4.69, 9.17) is 0 Å². The van der Waals surface area contributed by atoms with Crippen LogP contribution >= 0.6 is 0 Å². The second-order valence-corrected chi connectivity index (χ2v) is 9.29. The van der Waals surface area contributed by atoms with E-state index in [1.54, 1.807) is 19.9 Å². The van der Waals surface area contributed by atoms with Gasteiger partial charge in [0.25, 0.3) is 0 Å². The first kappa shape index (κ1) is 21.3. The number of fused-ring (bicyclic) bond motifs is 3. The van der Waals surface area contributed by atoms with Gasteiger partial charge in [-0.2, -0.15) is 0 Å². The number of phenols is 1. The van der Waals surface area contributed by atoms with Crippen LogP contribution in [0, 0.1) is 11.8 Å². The fraction of sp³-hybridized carbons (Fsp3) is 0.241. The van der Waals surface area contributed by atoms with Gasteiger partial charge in [-0.25, -0.2) is 0 Å². The minimum Gasteiger partial charge on any atom is -0.508 e. The summed E-state index contributed by atoms with van der Waals surface area (Å²) in [6.07, 6.45) is 0.976. The maximum atomic E-state index is 10.2. The van der Waals surface area contributed by atoms with Gasteiger partial charge in [-0.05, 0) is 67.3 Å². The summed E-state index contributed by atoms with van der Waals surface area (Å²) in [4.78, 5) is 6.14. The smallest absolute Gasteiger partial charge is 0.120 e. The summed E-state index contributed by atoms with van der Waals surface area (Å²) in [7, 11) is 0. The number of hydrogen-bond acceptors (Lipinski definition) is 3. The van der Waals surface area contributed by atoms with Crippen LogP contribution in [-0.4, -0.2) is 32.2 Å². The van der Waals surface area contributed by atoms with E-state index in [0.717, 1.165) is 36.2 Å². The van der Waals surface area contributed by atoms with Gasteiger partial charge in [-0.15, -0.1) is 0 Å². The molecule has 5 rings (SSSR count). The van der Waals surface area contributed by atoms with Crippen LogP contribution in [-0.2, 0) is 13.0 Å². The van der Waals surface area contributed by atoms with E-state index in [-0.39, 0.29) is 11.8 Å². The van der Waals surface area contributed by atoms with Crippen molar-refractivity contribution in [3.63, 3.8) is 0 Å². The monoisotopic (exact) mass is 436 g/mol. The van der Waals surface area contributed by atoms with Crippen LogP contribution in [0.4, 0.5) is 0 Å². The molecule has 0 saturated carbocycles. The fourth-order valence-corrected chi connectivity index (χ4v) is 4.69. The van der Waals surface area contributed by atoms with Gasteiger partial charge in [-0.1, -0.05) is 54.3 Å². The van der Waals surface area contributed by atoms with E-state index in [9.17, 15) is 10.2 Å². The second-order valence-electron chi connectivity index (χ2n) is 9.29. The van der Waals surface area contributed by atoms with Crippen LogP contribution < -0.4 is 0 Å². The molecule has 2 heterocycles. The summed E-state index contributed by atoms with van der Waals surface area (Å²) in [6, 6.07) is 24.3. The molecule has 4 aromatic rings. The van der Waals surface area contributed by atoms with Crippen molar-refractivity contribution < 1.29 is 10.2 Å². The Morgan fingerprint density at radius 1 is 1.03 bits per heavy atom. The quantitative estimate of drug-likeness (QED) is 0.390. The van der Waals surface area contributed by atoms with Gasteiger partial charge >= 0.3 is 0 Å². The van der Waals surface area contributed by atoms with Crippen molar-refractivity contribution in [1.82, 2.24) is 9.88 Å². The summed E-state index contributed by atoms with van der Waals surface area (Å²) in [5.74, 6) is 6.18. The Hall–Kier alpha value is -3.52. The Morgan fingerprint density at radius 2 is 1.82 bits per heavy atom. The Labute approximate surface area is 194 Å². The summed E-state index contributed by atoms with van der Waals surface area (Å²) in [5, 5.41) is 21.3. The minimum atomic E-state index is -1.00. The highest BCUT2D eigenvalue weighted by Crippen LogP contribution is 2.39. The zero-order valence-corrected chi connectivity index (χ0v) is 19.0. The summed E-state index contributed by atoms with van der Waals surface area (Å²) in [6.45, 7) is 5.08. The number of nitrogens with zero attached hydrogens (tertiary/aromatic N) is 1. The van der Waals surface area contributed by atoms with Crippen molar-refractivity contribution in [2.24, 2.45) is 0 Å². The molecule has 3 N–H and O–H groups in total. The summed E-state index contributed by atoms with van der Waals surface area (Å²) >= 11 is 0. The van der Waals surface area contributed by atoms with Crippen molar-refractivity contribution in [1.29, 1.82) is 0 Å². The highest BCUT2D eigenvalue weighted by Gasteiger charge is 2.31. The topological polar surface area (TPSA) is 59.5 Å². The van der Waals surface area contributed by atoms with Crippen molar-refractivity contribution in [3.05, 3.63) is 101 Å². The average Bonchev–Trinajstić information content (AvgIpc) is 3.16. The number of phenolic OH excluding ortho intramolecular Hbond substituents is 1. The van der Waals surface area contributed by atoms with Crippen LogP contribution in [0.25, 0.3) is 10.9 Å². The lowest BCUT2D eigenvalue weighted by Gasteiger charge is -2.36. The molecule has 166 valence electrons. The Bertz CT molecular complexity index is 1350. The number of aromatic amines is 1. The lowest BCUT2D eigenvalue weighted by atomic mass is 9.91. The van der Waals surface area contributed by atoms with Crippen molar-refractivity contribution in [2.75, 3.05) is 6.54 Å². The molecule has 0 radical (unpaired) electrons. The minimum absolute atomic E-state index is 0.0305. The van der Waals surface area contributed by atoms with Gasteiger partial charge in [0.15, 0.2) is 0 Å². The zero-order chi connectivity index (χ0) is 23.0. The van der Waals surface area contributed by atoms with Gasteiger partial charge in [0.1, 0.15) is 11.4 Å². The zero-order valence-electron chi connectivity index (χ0n) is 19.0. The Kier molecular flexibility index (Phi) is 5.46. The molecule has 3 aromatic carbocycles. The summed E-state index contributed by atoms with van der Waals surface area (Å²) in [5.41, 5.74) is 5.90. The average molecular weight is 437 g/mol. The van der Waals surface area contributed by atoms with Gasteiger partial charge < -0.3 is 15.2 Å². The molecule has 1 aliphatic rings. The Balaban J connectivity index is 1.49. The standard InChI is InChI=1S/C29H28N2O2/c1-29(2,33)16-14-20-10-12-21(13-11-20)19-31-17-15-25-24-8-3-4-9-26(24)30-27(25)28(31)22-6-5-7-23(32)18-22/h3-13,18,28,30,32-33H,15,17,19H2,1-2H3. The number of aromatic hydroxyl groups is 1. The molecule has 0 fully saturated rings. The molecule has 1 aliphatic heterocycles. The molecule has 1 aromatic heterocycles. The number of benzene rings is 3. The molecule has 4 nitrogen and oxygen atoms in total. The predicted octanol–water partition coefficient (Wildman–Crippen LogP) is 5.14. The van der Waals surface area contributed by atoms with E-state index in [1.807, 2.05) is 24.3 Å². The maximum absolute atomic E-state index is 10.2. The molecule has 0 amide bonds. The van der Waals surface area contributed by atoms with Crippen LogP contribution in [0.2, 0.25) is 0 Å². The van der Waals surface area contributed by atoms with Crippen LogP contribution in [0.3, 0.4) is 0 Å². The van der Waals surface area contributed by atoms with Crippen LogP contribution in [0.5, 0.6) is 5.75 Å². The van der Waals surface area contributed by atoms with Gasteiger partial charge in [0.2, 0.25) is 0 Å². The highest BCUT2D eigenvalue weighted by molar-refractivity contribution is 5.85. The molecule has 0 bridgehead atoms. The lowest BCUT2D eigenvalue weighted by Crippen LogP contribution is -2.35. The molecule has 0 spiro atoms. The largest absolute Gasteiger partial charge is 0.508 e. The predicted molar refractivity (Wildman–Crippen MR) is 132 cm³/mol. The Morgan fingerprint density at radius 3 is 2.58 bits per heavy atom. The molecule has 33 heavy (non-hydrogen) atoms. The van der Waals surface area contributed by atoms with Crippen LogP contribution in [0.15, 0.2) is 72.8 Å². The number of nitrogens with one attached hydrogen (secondary N) is 1. The highest BCUT2D eigenvalue weighted by atomic mass is 16.3. The maximum Gasteiger partial charge on any atom is 0.120 e. The second kappa shape index (κ2) is 8.44. The first-order valence-electron chi connectivity index (χ1n) is 11.3. The normalized spacial score (nSPS) is 16.3. The fourth-order valence-electron chi connectivity index (χ4n) is 4.69. The summed E-state index contributed by atoms with van der Waals surface area (Å²) < 4.78 is 0. The third-order valence-corrected chi connectivity index (χ3v) is 6.17. The molecule has 0 saturated heterocycles.